The van der Waals surface area contributed by atoms with E-state index >= 15 is 0 Å². The van der Waals surface area contributed by atoms with Crippen LogP contribution in [0.4, 0.5) is 10.3 Å². The zero-order valence-corrected chi connectivity index (χ0v) is 14.0. The van der Waals surface area contributed by atoms with Gasteiger partial charge in [-0.3, -0.25) is 4.90 Å². The average Bonchev–Trinajstić information content (AvgIpc) is 3.22. The second-order valence-electron chi connectivity index (χ2n) is 7.14. The van der Waals surface area contributed by atoms with Gasteiger partial charge in [0, 0.05) is 37.4 Å². The van der Waals surface area contributed by atoms with E-state index < -0.39 is 6.17 Å². The normalized spacial score (nSPS) is 27.9. The summed E-state index contributed by atoms with van der Waals surface area (Å²) in [6.07, 6.45) is 6.00. The zero-order chi connectivity index (χ0) is 16.6. The van der Waals surface area contributed by atoms with Crippen molar-refractivity contribution in [3.63, 3.8) is 0 Å². The van der Waals surface area contributed by atoms with E-state index in [0.29, 0.717) is 19.5 Å². The van der Waals surface area contributed by atoms with Crippen LogP contribution in [0.3, 0.4) is 0 Å². The third-order valence-corrected chi connectivity index (χ3v) is 5.30. The Labute approximate surface area is 141 Å². The Morgan fingerprint density at radius 1 is 1.29 bits per heavy atom. The Bertz CT molecular complexity index is 675. The lowest BCUT2D eigenvalue weighted by atomic mass is 9.77. The summed E-state index contributed by atoms with van der Waals surface area (Å²) in [4.78, 5) is 13.3. The van der Waals surface area contributed by atoms with Crippen LogP contribution in [0.15, 0.2) is 35.2 Å². The van der Waals surface area contributed by atoms with Crippen molar-refractivity contribution in [2.24, 2.45) is 5.41 Å². The summed E-state index contributed by atoms with van der Waals surface area (Å²) in [5.41, 5.74) is 0.721. The molecule has 2 atom stereocenters. The van der Waals surface area contributed by atoms with Gasteiger partial charge in [0.05, 0.1) is 12.8 Å². The fourth-order valence-corrected chi connectivity index (χ4v) is 3.98. The van der Waals surface area contributed by atoms with Crippen LogP contribution in [0.1, 0.15) is 24.2 Å². The van der Waals surface area contributed by atoms with Crippen molar-refractivity contribution < 1.29 is 8.81 Å². The SMILES string of the molecule is Cc1cnc(N2CC[C@H](F)[C@]3(CCN(Cc4ccco4)C3)C2)nc1. The number of anilines is 1. The molecule has 2 aliphatic rings. The smallest absolute Gasteiger partial charge is 0.225 e. The van der Waals surface area contributed by atoms with E-state index in [1.54, 1.807) is 6.26 Å². The third-order valence-electron chi connectivity index (χ3n) is 5.30. The lowest BCUT2D eigenvalue weighted by Crippen LogP contribution is -2.52. The maximum Gasteiger partial charge on any atom is 0.225 e. The van der Waals surface area contributed by atoms with Gasteiger partial charge in [-0.05, 0) is 44.0 Å². The first kappa shape index (κ1) is 15.6. The van der Waals surface area contributed by atoms with E-state index in [2.05, 4.69) is 19.8 Å². The monoisotopic (exact) mass is 330 g/mol. The number of aryl methyl sites for hydroxylation is 1. The van der Waals surface area contributed by atoms with Crippen molar-refractivity contribution in [1.82, 2.24) is 14.9 Å². The summed E-state index contributed by atoms with van der Waals surface area (Å²) in [5, 5.41) is 0. The molecule has 0 N–H and O–H groups in total. The molecule has 0 aliphatic carbocycles. The number of rotatable bonds is 3. The largest absolute Gasteiger partial charge is 0.468 e. The van der Waals surface area contributed by atoms with Gasteiger partial charge in [-0.15, -0.1) is 0 Å². The van der Waals surface area contributed by atoms with E-state index in [0.717, 1.165) is 43.3 Å². The molecular weight excluding hydrogens is 307 g/mol. The summed E-state index contributed by atoms with van der Waals surface area (Å²) in [6, 6.07) is 3.88. The van der Waals surface area contributed by atoms with Gasteiger partial charge in [0.25, 0.3) is 0 Å². The molecule has 2 aliphatic heterocycles. The van der Waals surface area contributed by atoms with E-state index in [9.17, 15) is 4.39 Å². The first-order valence-electron chi connectivity index (χ1n) is 8.57. The number of likely N-dealkylation sites (tertiary alicyclic amines) is 1. The van der Waals surface area contributed by atoms with Crippen LogP contribution in [0.2, 0.25) is 0 Å². The van der Waals surface area contributed by atoms with Crippen LogP contribution in [0.5, 0.6) is 0 Å². The van der Waals surface area contributed by atoms with Gasteiger partial charge in [-0.1, -0.05) is 0 Å². The molecule has 128 valence electrons. The second kappa shape index (κ2) is 6.16. The molecule has 4 rings (SSSR count). The predicted molar refractivity (Wildman–Crippen MR) is 89.5 cm³/mol. The molecule has 4 heterocycles. The van der Waals surface area contributed by atoms with Crippen LogP contribution in [-0.4, -0.2) is 47.2 Å². The maximum atomic E-state index is 14.8. The van der Waals surface area contributed by atoms with E-state index in [-0.39, 0.29) is 5.41 Å². The number of halogens is 1. The van der Waals surface area contributed by atoms with Crippen LogP contribution >= 0.6 is 0 Å². The number of hydrogen-bond donors (Lipinski definition) is 0. The Morgan fingerprint density at radius 2 is 2.12 bits per heavy atom. The highest BCUT2D eigenvalue weighted by molar-refractivity contribution is 5.32. The Balaban J connectivity index is 1.48. The third kappa shape index (κ3) is 2.90. The molecule has 0 bridgehead atoms. The number of aromatic nitrogens is 2. The number of hydrogen-bond acceptors (Lipinski definition) is 5. The van der Waals surface area contributed by atoms with Crippen LogP contribution in [0.25, 0.3) is 0 Å². The molecule has 0 unspecified atom stereocenters. The molecule has 0 amide bonds. The first-order valence-corrected chi connectivity index (χ1v) is 8.57. The van der Waals surface area contributed by atoms with Crippen LogP contribution < -0.4 is 4.90 Å². The molecule has 1 spiro atoms. The highest BCUT2D eigenvalue weighted by atomic mass is 19.1. The highest BCUT2D eigenvalue weighted by Crippen LogP contribution is 2.42. The molecule has 6 heteroatoms. The zero-order valence-electron chi connectivity index (χ0n) is 14.0. The lowest BCUT2D eigenvalue weighted by molar-refractivity contribution is 0.0857. The van der Waals surface area contributed by atoms with Crippen molar-refractivity contribution in [2.45, 2.75) is 32.5 Å². The van der Waals surface area contributed by atoms with Crippen molar-refractivity contribution in [1.29, 1.82) is 0 Å². The van der Waals surface area contributed by atoms with Gasteiger partial charge in [0.2, 0.25) is 5.95 Å². The van der Waals surface area contributed by atoms with E-state index in [4.69, 9.17) is 4.42 Å². The topological polar surface area (TPSA) is 45.4 Å². The molecule has 5 nitrogen and oxygen atoms in total. The number of nitrogens with zero attached hydrogens (tertiary/aromatic N) is 4. The summed E-state index contributed by atoms with van der Waals surface area (Å²) in [7, 11) is 0. The molecule has 2 fully saturated rings. The van der Waals surface area contributed by atoms with Crippen molar-refractivity contribution in [3.05, 3.63) is 42.1 Å². The minimum atomic E-state index is -0.763. The fraction of sp³-hybridized carbons (Fsp3) is 0.556. The Morgan fingerprint density at radius 3 is 2.88 bits per heavy atom. The van der Waals surface area contributed by atoms with Gasteiger partial charge in [0.15, 0.2) is 0 Å². The fourth-order valence-electron chi connectivity index (χ4n) is 3.98. The summed E-state index contributed by atoms with van der Waals surface area (Å²) < 4.78 is 20.3. The quantitative estimate of drug-likeness (QED) is 0.866. The minimum absolute atomic E-state index is 0.320. The van der Waals surface area contributed by atoms with E-state index in [1.165, 1.54) is 0 Å². The van der Waals surface area contributed by atoms with Crippen molar-refractivity contribution in [2.75, 3.05) is 31.1 Å². The molecule has 2 aromatic rings. The summed E-state index contributed by atoms with van der Waals surface area (Å²) >= 11 is 0. The maximum absolute atomic E-state index is 14.8. The summed E-state index contributed by atoms with van der Waals surface area (Å²) in [6.45, 7) is 5.77. The highest BCUT2D eigenvalue weighted by Gasteiger charge is 2.48. The molecule has 0 radical (unpaired) electrons. The molecular formula is C18H23FN4O. The van der Waals surface area contributed by atoms with Crippen LogP contribution in [-0.2, 0) is 6.54 Å². The standard InChI is InChI=1S/C18H23FN4O/c1-14-9-20-17(21-10-14)23-6-4-16(19)18(13-23)5-7-22(12-18)11-15-3-2-8-24-15/h2-3,8-10,16H,4-7,11-13H2,1H3/t16-,18-/m0/s1. The Kier molecular flexibility index (Phi) is 4.00. The summed E-state index contributed by atoms with van der Waals surface area (Å²) in [5.74, 6) is 1.66. The first-order chi connectivity index (χ1) is 11.6. The van der Waals surface area contributed by atoms with Crippen molar-refractivity contribution >= 4 is 5.95 Å². The number of piperidine rings is 1. The lowest BCUT2D eigenvalue weighted by Gasteiger charge is -2.42. The average molecular weight is 330 g/mol. The number of furan rings is 1. The van der Waals surface area contributed by atoms with Crippen molar-refractivity contribution in [3.8, 4) is 0 Å². The molecule has 2 aromatic heterocycles. The molecule has 24 heavy (non-hydrogen) atoms. The second-order valence-corrected chi connectivity index (χ2v) is 7.14. The van der Waals surface area contributed by atoms with Gasteiger partial charge in [-0.2, -0.15) is 0 Å². The van der Waals surface area contributed by atoms with Gasteiger partial charge >= 0.3 is 0 Å². The van der Waals surface area contributed by atoms with Gasteiger partial charge < -0.3 is 9.32 Å². The molecule has 2 saturated heterocycles. The van der Waals surface area contributed by atoms with Crippen LogP contribution in [0, 0.1) is 12.3 Å². The minimum Gasteiger partial charge on any atom is -0.468 e. The molecule has 0 aromatic carbocycles. The van der Waals surface area contributed by atoms with Gasteiger partial charge in [-0.25, -0.2) is 14.4 Å². The van der Waals surface area contributed by atoms with Gasteiger partial charge in [0.1, 0.15) is 11.9 Å². The van der Waals surface area contributed by atoms with E-state index in [1.807, 2.05) is 31.5 Å². The number of alkyl halides is 1. The Hall–Kier alpha value is -1.95. The molecule has 0 saturated carbocycles. The predicted octanol–water partition coefficient (Wildman–Crippen LogP) is 2.82.